The minimum absolute atomic E-state index is 0.0194. The summed E-state index contributed by atoms with van der Waals surface area (Å²) in [5.74, 6) is -0.0299. The number of piperazine rings is 1. The van der Waals surface area contributed by atoms with Crippen LogP contribution in [-0.2, 0) is 25.9 Å². The quantitative estimate of drug-likeness (QED) is 0.527. The van der Waals surface area contributed by atoms with Crippen LogP contribution < -0.4 is 0 Å². The molecule has 1 aliphatic heterocycles. The van der Waals surface area contributed by atoms with Crippen molar-refractivity contribution in [2.24, 2.45) is 7.05 Å². The van der Waals surface area contributed by atoms with Crippen LogP contribution in [0, 0.1) is 0 Å². The highest BCUT2D eigenvalue weighted by Gasteiger charge is 2.38. The third-order valence-electron chi connectivity index (χ3n) is 5.74. The first kappa shape index (κ1) is 23.1. The molecule has 33 heavy (non-hydrogen) atoms. The predicted octanol–water partition coefficient (Wildman–Crippen LogP) is 4.57. The molecular weight excluding hydrogens is 450 g/mol. The highest BCUT2D eigenvalue weighted by Crippen LogP contribution is 2.36. The van der Waals surface area contributed by atoms with E-state index in [4.69, 9.17) is 0 Å². The first-order valence-corrected chi connectivity index (χ1v) is 10.1. The van der Waals surface area contributed by atoms with Gasteiger partial charge >= 0.3 is 12.4 Å². The number of amides is 1. The molecule has 4 rings (SSSR count). The summed E-state index contributed by atoms with van der Waals surface area (Å²) in [7, 11) is 1.90. The van der Waals surface area contributed by atoms with Crippen molar-refractivity contribution < 1.29 is 31.1 Å². The summed E-state index contributed by atoms with van der Waals surface area (Å²) < 4.78 is 80.6. The zero-order chi connectivity index (χ0) is 24.0. The van der Waals surface area contributed by atoms with E-state index in [1.165, 1.54) is 4.90 Å². The summed E-state index contributed by atoms with van der Waals surface area (Å²) in [6, 6.07) is 8.63. The Morgan fingerprint density at radius 1 is 0.909 bits per heavy atom. The number of halogens is 6. The summed E-state index contributed by atoms with van der Waals surface area (Å²) >= 11 is 0. The van der Waals surface area contributed by atoms with Gasteiger partial charge < -0.3 is 9.47 Å². The van der Waals surface area contributed by atoms with Gasteiger partial charge in [0.05, 0.1) is 28.7 Å². The molecule has 1 aromatic heterocycles. The zero-order valence-electron chi connectivity index (χ0n) is 17.5. The number of para-hydroxylation sites is 2. The standard InChI is InChI=1S/C22H20F6N4O/c1-30-18-5-3-2-4-17(18)29-19(30)13-31-6-8-32(9-7-31)20(33)14-10-15(21(23,24)25)12-16(11-14)22(26,27)28/h2-5,10-12H,6-9,13H2,1H3. The number of aryl methyl sites for hydroxylation is 1. The van der Waals surface area contributed by atoms with E-state index < -0.39 is 35.0 Å². The lowest BCUT2D eigenvalue weighted by Gasteiger charge is -2.34. The SMILES string of the molecule is Cn1c(CN2CCN(C(=O)c3cc(C(F)(F)F)cc(C(F)(F)F)c3)CC2)nc2ccccc21. The number of hydrogen-bond acceptors (Lipinski definition) is 3. The van der Waals surface area contributed by atoms with Crippen LogP contribution in [0.5, 0.6) is 0 Å². The fraction of sp³-hybridized carbons (Fsp3) is 0.364. The summed E-state index contributed by atoms with van der Waals surface area (Å²) in [6.45, 7) is 1.70. The van der Waals surface area contributed by atoms with Crippen LogP contribution in [0.15, 0.2) is 42.5 Å². The van der Waals surface area contributed by atoms with E-state index in [1.807, 2.05) is 40.8 Å². The van der Waals surface area contributed by atoms with Crippen molar-refractivity contribution in [3.63, 3.8) is 0 Å². The fourth-order valence-electron chi connectivity index (χ4n) is 3.91. The maximum atomic E-state index is 13.1. The lowest BCUT2D eigenvalue weighted by molar-refractivity contribution is -0.143. The Balaban J connectivity index is 1.47. The number of imidazole rings is 1. The molecule has 0 radical (unpaired) electrons. The smallest absolute Gasteiger partial charge is 0.336 e. The minimum atomic E-state index is -5.00. The Labute approximate surface area is 185 Å². The van der Waals surface area contributed by atoms with Crippen LogP contribution in [0.2, 0.25) is 0 Å². The molecule has 1 aliphatic rings. The molecule has 1 fully saturated rings. The number of aromatic nitrogens is 2. The second-order valence-corrected chi connectivity index (χ2v) is 7.94. The summed E-state index contributed by atoms with van der Waals surface area (Å²) in [6.07, 6.45) is -10.00. The van der Waals surface area contributed by atoms with Gasteiger partial charge in [0, 0.05) is 38.8 Å². The third kappa shape index (κ3) is 4.82. The van der Waals surface area contributed by atoms with Gasteiger partial charge in [-0.1, -0.05) is 12.1 Å². The Morgan fingerprint density at radius 3 is 2.03 bits per heavy atom. The predicted molar refractivity (Wildman–Crippen MR) is 108 cm³/mol. The Bertz CT molecular complexity index is 1140. The van der Waals surface area contributed by atoms with Crippen LogP contribution in [0.4, 0.5) is 26.3 Å². The Kier molecular flexibility index (Phi) is 5.85. The molecule has 3 aromatic rings. The lowest BCUT2D eigenvalue weighted by atomic mass is 10.0. The van der Waals surface area contributed by atoms with Crippen molar-refractivity contribution in [2.75, 3.05) is 26.2 Å². The normalized spacial score (nSPS) is 15.9. The molecule has 0 unspecified atom stereocenters. The molecule has 0 saturated carbocycles. The van der Waals surface area contributed by atoms with E-state index in [-0.39, 0.29) is 19.2 Å². The zero-order valence-corrected chi connectivity index (χ0v) is 17.5. The van der Waals surface area contributed by atoms with E-state index in [1.54, 1.807) is 0 Å². The third-order valence-corrected chi connectivity index (χ3v) is 5.74. The highest BCUT2D eigenvalue weighted by atomic mass is 19.4. The van der Waals surface area contributed by atoms with Gasteiger partial charge in [0.15, 0.2) is 0 Å². The molecule has 1 saturated heterocycles. The number of rotatable bonds is 3. The number of hydrogen-bond donors (Lipinski definition) is 0. The van der Waals surface area contributed by atoms with E-state index in [0.29, 0.717) is 31.8 Å². The molecule has 0 bridgehead atoms. The number of fused-ring (bicyclic) bond motifs is 1. The van der Waals surface area contributed by atoms with Gasteiger partial charge in [0.1, 0.15) is 5.82 Å². The maximum Gasteiger partial charge on any atom is 0.416 e. The van der Waals surface area contributed by atoms with Crippen LogP contribution in [0.25, 0.3) is 11.0 Å². The molecule has 2 aromatic carbocycles. The molecule has 0 N–H and O–H groups in total. The van der Waals surface area contributed by atoms with Crippen LogP contribution in [-0.4, -0.2) is 51.4 Å². The number of benzene rings is 2. The maximum absolute atomic E-state index is 13.1. The number of alkyl halides is 6. The van der Waals surface area contributed by atoms with Gasteiger partial charge in [0.2, 0.25) is 0 Å². The van der Waals surface area contributed by atoms with Gasteiger partial charge in [0.25, 0.3) is 5.91 Å². The largest absolute Gasteiger partial charge is 0.416 e. The molecule has 11 heteroatoms. The van der Waals surface area contributed by atoms with Gasteiger partial charge in [-0.2, -0.15) is 26.3 Å². The number of nitrogens with zero attached hydrogens (tertiary/aromatic N) is 4. The van der Waals surface area contributed by atoms with E-state index in [9.17, 15) is 31.1 Å². The van der Waals surface area contributed by atoms with Gasteiger partial charge in [-0.25, -0.2) is 4.98 Å². The number of carbonyl (C=O) groups is 1. The minimum Gasteiger partial charge on any atom is -0.336 e. The van der Waals surface area contributed by atoms with Crippen LogP contribution in [0.1, 0.15) is 27.3 Å². The van der Waals surface area contributed by atoms with E-state index in [2.05, 4.69) is 4.98 Å². The van der Waals surface area contributed by atoms with Crippen molar-refractivity contribution >= 4 is 16.9 Å². The van der Waals surface area contributed by atoms with Crippen molar-refractivity contribution in [2.45, 2.75) is 18.9 Å². The summed E-state index contributed by atoms with van der Waals surface area (Å²) in [5.41, 5.74) is -1.79. The van der Waals surface area contributed by atoms with Crippen molar-refractivity contribution in [3.8, 4) is 0 Å². The van der Waals surface area contributed by atoms with E-state index in [0.717, 1.165) is 16.9 Å². The Hall–Kier alpha value is -3.08. The molecule has 0 atom stereocenters. The summed E-state index contributed by atoms with van der Waals surface area (Å²) in [4.78, 5) is 20.7. The summed E-state index contributed by atoms with van der Waals surface area (Å²) in [5, 5.41) is 0. The molecule has 1 amide bonds. The van der Waals surface area contributed by atoms with Crippen molar-refractivity contribution in [1.29, 1.82) is 0 Å². The second kappa shape index (κ2) is 8.36. The van der Waals surface area contributed by atoms with Crippen molar-refractivity contribution in [1.82, 2.24) is 19.4 Å². The number of carbonyl (C=O) groups excluding carboxylic acids is 1. The Morgan fingerprint density at radius 2 is 1.48 bits per heavy atom. The van der Waals surface area contributed by atoms with Gasteiger partial charge in [-0.3, -0.25) is 9.69 Å². The molecule has 5 nitrogen and oxygen atoms in total. The molecule has 0 spiro atoms. The topological polar surface area (TPSA) is 41.4 Å². The molecular formula is C22H20F6N4O. The van der Waals surface area contributed by atoms with Crippen molar-refractivity contribution in [3.05, 3.63) is 65.0 Å². The molecule has 0 aliphatic carbocycles. The fourth-order valence-corrected chi connectivity index (χ4v) is 3.91. The highest BCUT2D eigenvalue weighted by molar-refractivity contribution is 5.94. The van der Waals surface area contributed by atoms with Gasteiger partial charge in [-0.15, -0.1) is 0 Å². The second-order valence-electron chi connectivity index (χ2n) is 7.94. The molecule has 176 valence electrons. The first-order valence-electron chi connectivity index (χ1n) is 10.1. The van der Waals surface area contributed by atoms with Gasteiger partial charge in [-0.05, 0) is 30.3 Å². The monoisotopic (exact) mass is 470 g/mol. The van der Waals surface area contributed by atoms with Crippen LogP contribution in [0.3, 0.4) is 0 Å². The lowest BCUT2D eigenvalue weighted by Crippen LogP contribution is -2.48. The first-order chi connectivity index (χ1) is 15.4. The molecule has 2 heterocycles. The van der Waals surface area contributed by atoms with E-state index >= 15 is 0 Å². The average Bonchev–Trinajstić information content (AvgIpc) is 3.08. The average molecular weight is 470 g/mol. The van der Waals surface area contributed by atoms with Crippen LogP contribution >= 0.6 is 0 Å².